The van der Waals surface area contributed by atoms with E-state index in [0.717, 1.165) is 5.92 Å². The van der Waals surface area contributed by atoms with Crippen LogP contribution in [-0.2, 0) is 4.74 Å². The Hall–Kier alpha value is -0.0400. The second-order valence-corrected chi connectivity index (χ2v) is 6.99. The number of hydrogen-bond donors (Lipinski definition) is 0. The second kappa shape index (κ2) is 8.97. The minimum Gasteiger partial charge on any atom is -0.381 e. The van der Waals surface area contributed by atoms with E-state index in [1.807, 2.05) is 7.11 Å². The monoisotopic (exact) mass is 242 g/mol. The summed E-state index contributed by atoms with van der Waals surface area (Å²) in [5.74, 6) is 0.844. The first-order valence-corrected chi connectivity index (χ1v) is 7.38. The lowest BCUT2D eigenvalue weighted by Gasteiger charge is -2.20. The van der Waals surface area contributed by atoms with Crippen molar-refractivity contribution < 1.29 is 4.74 Å². The molecule has 1 atom stereocenters. The Labute approximate surface area is 109 Å². The Morgan fingerprint density at radius 3 is 1.88 bits per heavy atom. The predicted molar refractivity (Wildman–Crippen MR) is 77.4 cm³/mol. The number of ether oxygens (including phenoxy) is 1. The maximum Gasteiger partial charge on any atom is 0.0571 e. The molecule has 0 bridgehead atoms. The van der Waals surface area contributed by atoms with Crippen molar-refractivity contribution in [1.29, 1.82) is 0 Å². The lowest BCUT2D eigenvalue weighted by Crippen LogP contribution is -2.12. The van der Waals surface area contributed by atoms with Gasteiger partial charge in [-0.2, -0.15) is 0 Å². The normalized spacial score (nSPS) is 14.3. The van der Waals surface area contributed by atoms with Crippen LogP contribution in [0.2, 0.25) is 0 Å². The molecule has 104 valence electrons. The van der Waals surface area contributed by atoms with E-state index >= 15 is 0 Å². The van der Waals surface area contributed by atoms with Crippen molar-refractivity contribution in [2.24, 2.45) is 11.3 Å². The number of methoxy groups -OCH3 is 1. The molecule has 0 N–H and O–H groups in total. The SMILES string of the molecule is CO[C@H](CCCCC(C)C)CCCC(C)(C)C. The molecule has 1 heteroatoms. The summed E-state index contributed by atoms with van der Waals surface area (Å²) >= 11 is 0. The lowest BCUT2D eigenvalue weighted by molar-refractivity contribution is 0.0807. The molecule has 17 heavy (non-hydrogen) atoms. The van der Waals surface area contributed by atoms with E-state index in [-0.39, 0.29) is 0 Å². The number of unbranched alkanes of at least 4 members (excludes halogenated alkanes) is 1. The van der Waals surface area contributed by atoms with Crippen molar-refractivity contribution in [3.05, 3.63) is 0 Å². The van der Waals surface area contributed by atoms with Crippen molar-refractivity contribution in [3.8, 4) is 0 Å². The van der Waals surface area contributed by atoms with Gasteiger partial charge in [0.15, 0.2) is 0 Å². The molecule has 0 saturated carbocycles. The largest absolute Gasteiger partial charge is 0.381 e. The Bertz CT molecular complexity index is 167. The third kappa shape index (κ3) is 12.2. The zero-order valence-corrected chi connectivity index (χ0v) is 13.0. The van der Waals surface area contributed by atoms with E-state index in [9.17, 15) is 0 Å². The molecule has 0 aliphatic carbocycles. The summed E-state index contributed by atoms with van der Waals surface area (Å²) in [6.45, 7) is 11.6. The minimum absolute atomic E-state index is 0.468. The van der Waals surface area contributed by atoms with E-state index in [1.54, 1.807) is 0 Å². The van der Waals surface area contributed by atoms with Gasteiger partial charge in [0.05, 0.1) is 6.10 Å². The zero-order chi connectivity index (χ0) is 13.3. The highest BCUT2D eigenvalue weighted by Crippen LogP contribution is 2.23. The standard InChI is InChI=1S/C16H34O/c1-14(2)10-7-8-11-15(17-6)12-9-13-16(3,4)5/h14-15H,7-13H2,1-6H3/t15-/m1/s1. The van der Waals surface area contributed by atoms with Crippen molar-refractivity contribution in [1.82, 2.24) is 0 Å². The molecule has 1 nitrogen and oxygen atoms in total. The topological polar surface area (TPSA) is 9.23 Å². The fourth-order valence-corrected chi connectivity index (χ4v) is 2.16. The highest BCUT2D eigenvalue weighted by atomic mass is 16.5. The minimum atomic E-state index is 0.468. The van der Waals surface area contributed by atoms with Crippen LogP contribution in [0.3, 0.4) is 0 Å². The van der Waals surface area contributed by atoms with Crippen LogP contribution < -0.4 is 0 Å². The first-order chi connectivity index (χ1) is 7.85. The van der Waals surface area contributed by atoms with Gasteiger partial charge >= 0.3 is 0 Å². The van der Waals surface area contributed by atoms with E-state index in [1.165, 1.54) is 44.9 Å². The van der Waals surface area contributed by atoms with Crippen molar-refractivity contribution in [3.63, 3.8) is 0 Å². The number of hydrogen-bond acceptors (Lipinski definition) is 1. The van der Waals surface area contributed by atoms with E-state index in [4.69, 9.17) is 4.74 Å². The third-order valence-electron chi connectivity index (χ3n) is 3.34. The third-order valence-corrected chi connectivity index (χ3v) is 3.34. The molecule has 0 heterocycles. The Morgan fingerprint density at radius 2 is 1.41 bits per heavy atom. The Balaban J connectivity index is 3.56. The molecule has 0 spiro atoms. The molecule has 0 aliphatic rings. The van der Waals surface area contributed by atoms with E-state index < -0.39 is 0 Å². The summed E-state index contributed by atoms with van der Waals surface area (Å²) < 4.78 is 5.57. The average Bonchev–Trinajstić information content (AvgIpc) is 2.19. The van der Waals surface area contributed by atoms with Gasteiger partial charge in [-0.1, -0.05) is 60.3 Å². The molecule has 0 rings (SSSR count). The van der Waals surface area contributed by atoms with Gasteiger partial charge in [0.2, 0.25) is 0 Å². The summed E-state index contributed by atoms with van der Waals surface area (Å²) in [5.41, 5.74) is 0.468. The fourth-order valence-electron chi connectivity index (χ4n) is 2.16. The fraction of sp³-hybridized carbons (Fsp3) is 1.00. The van der Waals surface area contributed by atoms with Crippen molar-refractivity contribution in [2.75, 3.05) is 7.11 Å². The molecule has 0 amide bonds. The van der Waals surface area contributed by atoms with Gasteiger partial charge in [0.25, 0.3) is 0 Å². The zero-order valence-electron chi connectivity index (χ0n) is 13.0. The van der Waals surface area contributed by atoms with Gasteiger partial charge in [-0.3, -0.25) is 0 Å². The lowest BCUT2D eigenvalue weighted by atomic mass is 9.89. The summed E-state index contributed by atoms with van der Waals surface area (Å²) in [6, 6.07) is 0. The molecule has 0 unspecified atom stereocenters. The summed E-state index contributed by atoms with van der Waals surface area (Å²) in [7, 11) is 1.87. The van der Waals surface area contributed by atoms with Gasteiger partial charge in [-0.25, -0.2) is 0 Å². The van der Waals surface area contributed by atoms with Crippen LogP contribution in [0.4, 0.5) is 0 Å². The van der Waals surface area contributed by atoms with Gasteiger partial charge in [-0.05, 0) is 30.6 Å². The van der Waals surface area contributed by atoms with Crippen LogP contribution >= 0.6 is 0 Å². The first kappa shape index (κ1) is 17.0. The summed E-state index contributed by atoms with van der Waals surface area (Å²) in [6.07, 6.45) is 9.61. The molecule has 0 fully saturated rings. The first-order valence-electron chi connectivity index (χ1n) is 7.38. The summed E-state index contributed by atoms with van der Waals surface area (Å²) in [5, 5.41) is 0. The smallest absolute Gasteiger partial charge is 0.0571 e. The molecule has 0 aromatic carbocycles. The molecule has 0 radical (unpaired) electrons. The Kier molecular flexibility index (Phi) is 8.94. The van der Waals surface area contributed by atoms with E-state index in [0.29, 0.717) is 11.5 Å². The van der Waals surface area contributed by atoms with Crippen LogP contribution in [-0.4, -0.2) is 13.2 Å². The van der Waals surface area contributed by atoms with Crippen LogP contribution in [0, 0.1) is 11.3 Å². The molecule has 0 saturated heterocycles. The van der Waals surface area contributed by atoms with Gasteiger partial charge in [0, 0.05) is 7.11 Å². The molecule has 0 aromatic heterocycles. The van der Waals surface area contributed by atoms with Gasteiger partial charge in [-0.15, -0.1) is 0 Å². The quantitative estimate of drug-likeness (QED) is 0.490. The maximum absolute atomic E-state index is 5.57. The average molecular weight is 242 g/mol. The second-order valence-electron chi connectivity index (χ2n) is 6.99. The highest BCUT2D eigenvalue weighted by Gasteiger charge is 2.12. The Morgan fingerprint density at radius 1 is 0.882 bits per heavy atom. The van der Waals surface area contributed by atoms with Crippen LogP contribution in [0.5, 0.6) is 0 Å². The van der Waals surface area contributed by atoms with Gasteiger partial charge < -0.3 is 4.74 Å². The maximum atomic E-state index is 5.57. The predicted octanol–water partition coefficient (Wildman–Crippen LogP) is 5.43. The summed E-state index contributed by atoms with van der Waals surface area (Å²) in [4.78, 5) is 0. The highest BCUT2D eigenvalue weighted by molar-refractivity contribution is 4.65. The molecule has 0 aliphatic heterocycles. The number of rotatable bonds is 9. The molecule has 0 aromatic rings. The van der Waals surface area contributed by atoms with Crippen molar-refractivity contribution in [2.45, 2.75) is 85.7 Å². The van der Waals surface area contributed by atoms with E-state index in [2.05, 4.69) is 34.6 Å². The van der Waals surface area contributed by atoms with Crippen LogP contribution in [0.1, 0.15) is 79.6 Å². The van der Waals surface area contributed by atoms with Crippen LogP contribution in [0.25, 0.3) is 0 Å². The molecular formula is C16H34O. The van der Waals surface area contributed by atoms with Gasteiger partial charge in [0.1, 0.15) is 0 Å². The molecular weight excluding hydrogens is 208 g/mol. The van der Waals surface area contributed by atoms with Crippen LogP contribution in [0.15, 0.2) is 0 Å². The van der Waals surface area contributed by atoms with Crippen molar-refractivity contribution >= 4 is 0 Å².